The van der Waals surface area contributed by atoms with Crippen molar-refractivity contribution in [2.24, 2.45) is 5.73 Å². The zero-order chi connectivity index (χ0) is 15.4. The average Bonchev–Trinajstić information content (AvgIpc) is 2.45. The predicted molar refractivity (Wildman–Crippen MR) is 81.6 cm³/mol. The van der Waals surface area contributed by atoms with E-state index in [0.717, 1.165) is 16.5 Å². The van der Waals surface area contributed by atoms with Gasteiger partial charge in [-0.25, -0.2) is 0 Å². The van der Waals surface area contributed by atoms with E-state index in [1.165, 1.54) is 0 Å². The summed E-state index contributed by atoms with van der Waals surface area (Å²) in [5.41, 5.74) is 7.28. The summed E-state index contributed by atoms with van der Waals surface area (Å²) in [5, 5.41) is 3.39. The van der Waals surface area contributed by atoms with Gasteiger partial charge < -0.3 is 11.1 Å². The maximum Gasteiger partial charge on any atom is 0.252 e. The van der Waals surface area contributed by atoms with Gasteiger partial charge in [-0.1, -0.05) is 23.8 Å². The summed E-state index contributed by atoms with van der Waals surface area (Å²) >= 11 is 0. The Bertz CT molecular complexity index is 704. The summed E-state index contributed by atoms with van der Waals surface area (Å²) in [6, 6.07) is 8.18. The molecule has 1 heterocycles. The van der Waals surface area contributed by atoms with Gasteiger partial charge in [-0.05, 0) is 25.5 Å². The minimum atomic E-state index is -0.762. The Morgan fingerprint density at radius 2 is 2.05 bits per heavy atom. The van der Waals surface area contributed by atoms with Crippen LogP contribution in [0.15, 0.2) is 48.7 Å². The van der Waals surface area contributed by atoms with Gasteiger partial charge in [0.05, 0.1) is 11.1 Å². The molecule has 0 saturated carbocycles. The summed E-state index contributed by atoms with van der Waals surface area (Å²) in [6.07, 6.45) is 1.89. The first-order valence-electron chi connectivity index (χ1n) is 6.57. The summed E-state index contributed by atoms with van der Waals surface area (Å²) in [5.74, 6) is -0.927. The van der Waals surface area contributed by atoms with Crippen molar-refractivity contribution in [1.29, 1.82) is 0 Å². The number of carbonyl (C=O) groups is 2. The molecule has 5 nitrogen and oxygen atoms in total. The number of pyridine rings is 1. The lowest BCUT2D eigenvalue weighted by Crippen LogP contribution is -2.44. The van der Waals surface area contributed by atoms with Gasteiger partial charge in [0.15, 0.2) is 0 Å². The molecule has 2 aromatic rings. The van der Waals surface area contributed by atoms with Crippen molar-refractivity contribution < 1.29 is 9.59 Å². The van der Waals surface area contributed by atoms with Gasteiger partial charge in [0.1, 0.15) is 6.04 Å². The third kappa shape index (κ3) is 3.45. The molecule has 0 aliphatic carbocycles. The third-order valence-corrected chi connectivity index (χ3v) is 3.10. The van der Waals surface area contributed by atoms with E-state index in [2.05, 4.69) is 16.9 Å². The number of amides is 2. The fourth-order valence-corrected chi connectivity index (χ4v) is 2.10. The molecule has 0 spiro atoms. The number of nitrogens with one attached hydrogen (secondary N) is 1. The topological polar surface area (TPSA) is 85.1 Å². The second kappa shape index (κ2) is 6.17. The molecule has 108 valence electrons. The van der Waals surface area contributed by atoms with Crippen LogP contribution in [0.25, 0.3) is 10.9 Å². The lowest BCUT2D eigenvalue weighted by Gasteiger charge is -2.16. The van der Waals surface area contributed by atoms with E-state index in [-0.39, 0.29) is 5.91 Å². The summed E-state index contributed by atoms with van der Waals surface area (Å²) < 4.78 is 0. The highest BCUT2D eigenvalue weighted by Crippen LogP contribution is 2.16. The van der Waals surface area contributed by atoms with E-state index < -0.39 is 11.9 Å². The lowest BCUT2D eigenvalue weighted by molar-refractivity contribution is -0.119. The lowest BCUT2D eigenvalue weighted by atomic mass is 10.1. The van der Waals surface area contributed by atoms with Crippen LogP contribution in [0.4, 0.5) is 0 Å². The predicted octanol–water partition coefficient (Wildman–Crippen LogP) is 1.78. The quantitative estimate of drug-likeness (QED) is 0.820. The van der Waals surface area contributed by atoms with Crippen molar-refractivity contribution in [3.8, 4) is 0 Å². The molecule has 3 N–H and O–H groups in total. The number of hydrogen-bond acceptors (Lipinski definition) is 3. The molecule has 0 unspecified atom stereocenters. The van der Waals surface area contributed by atoms with Crippen LogP contribution >= 0.6 is 0 Å². The van der Waals surface area contributed by atoms with Crippen LogP contribution in [0.2, 0.25) is 0 Å². The molecule has 0 radical (unpaired) electrons. The first-order chi connectivity index (χ1) is 9.99. The van der Waals surface area contributed by atoms with Gasteiger partial charge in [-0.2, -0.15) is 0 Å². The normalized spacial score (nSPS) is 11.9. The van der Waals surface area contributed by atoms with Crippen LogP contribution in [-0.4, -0.2) is 22.8 Å². The molecule has 5 heteroatoms. The number of primary amides is 1. The molecule has 1 aromatic heterocycles. The van der Waals surface area contributed by atoms with Crippen molar-refractivity contribution in [2.75, 3.05) is 0 Å². The van der Waals surface area contributed by atoms with Gasteiger partial charge in [-0.3, -0.25) is 14.6 Å². The first kappa shape index (κ1) is 14.7. The standard InChI is InChI=1S/C16H17N3O2/c1-10(2)9-14(15(17)20)19-16(21)12-7-8-18-13-6-4-3-5-11(12)13/h3-8,14H,1,9H2,2H3,(H2,17,20)(H,19,21)/t14-/m1/s1. The number of fused-ring (bicyclic) bond motifs is 1. The molecule has 21 heavy (non-hydrogen) atoms. The molecule has 2 amide bonds. The Morgan fingerprint density at radius 3 is 2.71 bits per heavy atom. The molecule has 2 rings (SSSR count). The van der Waals surface area contributed by atoms with E-state index in [4.69, 9.17) is 5.73 Å². The van der Waals surface area contributed by atoms with Gasteiger partial charge in [0.2, 0.25) is 5.91 Å². The Labute approximate surface area is 122 Å². The highest BCUT2D eigenvalue weighted by molar-refractivity contribution is 6.07. The minimum absolute atomic E-state index is 0.324. The molecule has 0 saturated heterocycles. The second-order valence-corrected chi connectivity index (χ2v) is 4.97. The maximum atomic E-state index is 12.4. The Kier molecular flexibility index (Phi) is 4.33. The number of benzene rings is 1. The van der Waals surface area contributed by atoms with Crippen molar-refractivity contribution in [2.45, 2.75) is 19.4 Å². The molecule has 0 fully saturated rings. The molecule has 1 atom stereocenters. The average molecular weight is 283 g/mol. The van der Waals surface area contributed by atoms with E-state index in [0.29, 0.717) is 12.0 Å². The van der Waals surface area contributed by atoms with Crippen LogP contribution in [0.1, 0.15) is 23.7 Å². The van der Waals surface area contributed by atoms with Gasteiger partial charge >= 0.3 is 0 Å². The van der Waals surface area contributed by atoms with Crippen LogP contribution in [0.3, 0.4) is 0 Å². The van der Waals surface area contributed by atoms with Crippen LogP contribution in [0.5, 0.6) is 0 Å². The van der Waals surface area contributed by atoms with Crippen molar-refractivity contribution in [3.63, 3.8) is 0 Å². The number of nitrogens with zero attached hydrogens (tertiary/aromatic N) is 1. The zero-order valence-electron chi connectivity index (χ0n) is 11.8. The van der Waals surface area contributed by atoms with E-state index in [1.54, 1.807) is 19.2 Å². The van der Waals surface area contributed by atoms with Crippen molar-refractivity contribution in [1.82, 2.24) is 10.3 Å². The number of aromatic nitrogens is 1. The second-order valence-electron chi connectivity index (χ2n) is 4.97. The van der Waals surface area contributed by atoms with Crippen molar-refractivity contribution >= 4 is 22.7 Å². The Balaban J connectivity index is 2.29. The fourth-order valence-electron chi connectivity index (χ4n) is 2.10. The number of para-hydroxylation sites is 1. The van der Waals surface area contributed by atoms with Crippen molar-refractivity contribution in [3.05, 3.63) is 54.2 Å². The smallest absolute Gasteiger partial charge is 0.252 e. The van der Waals surface area contributed by atoms with Gasteiger partial charge in [-0.15, -0.1) is 6.58 Å². The fraction of sp³-hybridized carbons (Fsp3) is 0.188. The first-order valence-corrected chi connectivity index (χ1v) is 6.57. The highest BCUT2D eigenvalue weighted by Gasteiger charge is 2.20. The number of rotatable bonds is 5. The Hall–Kier alpha value is -2.69. The van der Waals surface area contributed by atoms with Crippen LogP contribution in [-0.2, 0) is 4.79 Å². The van der Waals surface area contributed by atoms with E-state index in [9.17, 15) is 9.59 Å². The number of carbonyl (C=O) groups excluding carboxylic acids is 2. The van der Waals surface area contributed by atoms with Gasteiger partial charge in [0, 0.05) is 11.6 Å². The molecule has 0 aliphatic heterocycles. The molecular formula is C16H17N3O2. The van der Waals surface area contributed by atoms with Crippen LogP contribution in [0, 0.1) is 0 Å². The SMILES string of the molecule is C=C(C)C[C@@H](NC(=O)c1ccnc2ccccc12)C(N)=O. The van der Waals surface area contributed by atoms with E-state index >= 15 is 0 Å². The zero-order valence-corrected chi connectivity index (χ0v) is 11.8. The highest BCUT2D eigenvalue weighted by atomic mass is 16.2. The largest absolute Gasteiger partial charge is 0.368 e. The number of hydrogen-bond donors (Lipinski definition) is 2. The monoisotopic (exact) mass is 283 g/mol. The Morgan fingerprint density at radius 1 is 1.33 bits per heavy atom. The summed E-state index contributed by atoms with van der Waals surface area (Å²) in [4.78, 5) is 28.0. The van der Waals surface area contributed by atoms with Gasteiger partial charge in [0.25, 0.3) is 5.91 Å². The molecule has 0 bridgehead atoms. The summed E-state index contributed by atoms with van der Waals surface area (Å²) in [6.45, 7) is 5.52. The molecule has 0 aliphatic rings. The van der Waals surface area contributed by atoms with E-state index in [1.807, 2.05) is 24.3 Å². The minimum Gasteiger partial charge on any atom is -0.368 e. The third-order valence-electron chi connectivity index (χ3n) is 3.10. The summed E-state index contributed by atoms with van der Waals surface area (Å²) in [7, 11) is 0. The number of nitrogens with two attached hydrogens (primary N) is 1. The maximum absolute atomic E-state index is 12.4. The molecule has 1 aromatic carbocycles. The van der Waals surface area contributed by atoms with Crippen LogP contribution < -0.4 is 11.1 Å². The molecular weight excluding hydrogens is 266 g/mol.